The molecular weight excluding hydrogens is 450 g/mol. The lowest BCUT2D eigenvalue weighted by atomic mass is 10.1. The average molecular weight is 476 g/mol. The Kier molecular flexibility index (Phi) is 7.95. The Balaban J connectivity index is 0.00000289. The third-order valence-corrected chi connectivity index (χ3v) is 6.20. The number of rotatable bonds is 7. The molecule has 0 unspecified atom stereocenters. The highest BCUT2D eigenvalue weighted by Gasteiger charge is 2.23. The van der Waals surface area contributed by atoms with E-state index in [-0.39, 0.29) is 18.3 Å². The zero-order chi connectivity index (χ0) is 21.8. The number of fused-ring (bicyclic) bond motifs is 1. The van der Waals surface area contributed by atoms with Crippen molar-refractivity contribution in [3.8, 4) is 17.2 Å². The second kappa shape index (κ2) is 10.7. The molecule has 4 rings (SSSR count). The van der Waals surface area contributed by atoms with Crippen LogP contribution in [-0.2, 0) is 19.5 Å². The maximum atomic E-state index is 12.9. The largest absolute Gasteiger partial charge is 0.493 e. The van der Waals surface area contributed by atoms with Gasteiger partial charge in [0.15, 0.2) is 16.6 Å². The summed E-state index contributed by atoms with van der Waals surface area (Å²) in [6.07, 6.45) is 0.874. The molecule has 1 amide bonds. The third kappa shape index (κ3) is 5.15. The number of carbonyl (C=O) groups excluding carboxylic acids is 1. The van der Waals surface area contributed by atoms with Crippen molar-refractivity contribution >= 4 is 34.8 Å². The fraction of sp³-hybridized carbons (Fsp3) is 0.304. The minimum absolute atomic E-state index is 0. The number of aromatic nitrogens is 1. The maximum absolute atomic E-state index is 12.9. The minimum Gasteiger partial charge on any atom is -0.493 e. The number of methoxy groups -OCH3 is 3. The number of benzene rings is 2. The lowest BCUT2D eigenvalue weighted by Gasteiger charge is -2.25. The van der Waals surface area contributed by atoms with E-state index in [0.29, 0.717) is 27.9 Å². The molecule has 1 N–H and O–H groups in total. The standard InChI is InChI=1S/C23H25N3O4S.ClH/c1-28-18-11-16(12-19(29-2)21(18)30-3)22(27)25-23-24-17-9-10-26(14-20(17)31-23)13-15-7-5-4-6-8-15;/h4-8,11-12H,9-10,13-14H2,1-3H3,(H,24,25,27);1H. The number of hydrogen-bond donors (Lipinski definition) is 1. The number of ether oxygens (including phenoxy) is 3. The number of halogens is 1. The average Bonchev–Trinajstić information content (AvgIpc) is 3.20. The predicted octanol–water partition coefficient (Wildman–Crippen LogP) is 4.40. The summed E-state index contributed by atoms with van der Waals surface area (Å²) < 4.78 is 16.0. The molecule has 2 heterocycles. The van der Waals surface area contributed by atoms with Gasteiger partial charge in [-0.25, -0.2) is 4.98 Å². The van der Waals surface area contributed by atoms with Crippen LogP contribution in [0, 0.1) is 0 Å². The van der Waals surface area contributed by atoms with Crippen LogP contribution >= 0.6 is 23.7 Å². The highest BCUT2D eigenvalue weighted by Crippen LogP contribution is 2.38. The highest BCUT2D eigenvalue weighted by molar-refractivity contribution is 7.15. The smallest absolute Gasteiger partial charge is 0.257 e. The molecule has 9 heteroatoms. The minimum atomic E-state index is -0.272. The third-order valence-electron chi connectivity index (χ3n) is 5.21. The molecule has 0 atom stereocenters. The number of carbonyl (C=O) groups is 1. The molecule has 0 bridgehead atoms. The van der Waals surface area contributed by atoms with Gasteiger partial charge in [0.2, 0.25) is 5.75 Å². The monoisotopic (exact) mass is 475 g/mol. The van der Waals surface area contributed by atoms with Crippen LogP contribution in [0.5, 0.6) is 17.2 Å². The summed E-state index contributed by atoms with van der Waals surface area (Å²) in [6, 6.07) is 13.7. The second-order valence-corrected chi connectivity index (χ2v) is 8.29. The van der Waals surface area contributed by atoms with Crippen LogP contribution in [0.15, 0.2) is 42.5 Å². The zero-order valence-electron chi connectivity index (χ0n) is 18.2. The van der Waals surface area contributed by atoms with E-state index in [1.165, 1.54) is 43.1 Å². The first-order chi connectivity index (χ1) is 15.1. The van der Waals surface area contributed by atoms with Gasteiger partial charge >= 0.3 is 0 Å². The van der Waals surface area contributed by atoms with Crippen LogP contribution in [0.1, 0.15) is 26.5 Å². The van der Waals surface area contributed by atoms with E-state index in [1.807, 2.05) is 6.07 Å². The van der Waals surface area contributed by atoms with E-state index in [0.717, 1.165) is 31.7 Å². The molecule has 0 spiro atoms. The molecule has 0 radical (unpaired) electrons. The quantitative estimate of drug-likeness (QED) is 0.546. The summed E-state index contributed by atoms with van der Waals surface area (Å²) in [4.78, 5) is 21.1. The summed E-state index contributed by atoms with van der Waals surface area (Å²) in [5.41, 5.74) is 2.77. The van der Waals surface area contributed by atoms with Crippen LogP contribution in [-0.4, -0.2) is 43.7 Å². The lowest BCUT2D eigenvalue weighted by molar-refractivity contribution is 0.102. The van der Waals surface area contributed by atoms with Gasteiger partial charge < -0.3 is 14.2 Å². The molecule has 0 aliphatic carbocycles. The topological polar surface area (TPSA) is 72.9 Å². The molecule has 0 fully saturated rings. The van der Waals surface area contributed by atoms with Crippen molar-refractivity contribution in [3.05, 3.63) is 64.2 Å². The van der Waals surface area contributed by atoms with Gasteiger partial charge in [-0.3, -0.25) is 15.0 Å². The van der Waals surface area contributed by atoms with E-state index in [9.17, 15) is 4.79 Å². The Morgan fingerprint density at radius 2 is 1.78 bits per heavy atom. The van der Waals surface area contributed by atoms with Crippen LogP contribution in [0.25, 0.3) is 0 Å². The summed E-state index contributed by atoms with van der Waals surface area (Å²) in [7, 11) is 4.57. The van der Waals surface area contributed by atoms with Crippen molar-refractivity contribution in [1.29, 1.82) is 0 Å². The number of hydrogen-bond acceptors (Lipinski definition) is 7. The van der Waals surface area contributed by atoms with Crippen molar-refractivity contribution in [1.82, 2.24) is 9.88 Å². The van der Waals surface area contributed by atoms with Crippen LogP contribution < -0.4 is 19.5 Å². The highest BCUT2D eigenvalue weighted by atomic mass is 35.5. The van der Waals surface area contributed by atoms with Gasteiger partial charge in [0, 0.05) is 36.5 Å². The molecule has 32 heavy (non-hydrogen) atoms. The zero-order valence-corrected chi connectivity index (χ0v) is 19.8. The number of anilines is 1. The fourth-order valence-electron chi connectivity index (χ4n) is 3.66. The van der Waals surface area contributed by atoms with Crippen molar-refractivity contribution in [2.24, 2.45) is 0 Å². The summed E-state index contributed by atoms with van der Waals surface area (Å²) in [6.45, 7) is 2.69. The van der Waals surface area contributed by atoms with E-state index < -0.39 is 0 Å². The molecule has 1 aliphatic heterocycles. The number of thiazole rings is 1. The first-order valence-electron chi connectivity index (χ1n) is 9.97. The Labute approximate surface area is 197 Å². The Morgan fingerprint density at radius 1 is 1.09 bits per heavy atom. The van der Waals surface area contributed by atoms with Crippen molar-refractivity contribution in [3.63, 3.8) is 0 Å². The Bertz CT molecular complexity index is 1050. The van der Waals surface area contributed by atoms with Gasteiger partial charge in [-0.15, -0.1) is 23.7 Å². The van der Waals surface area contributed by atoms with E-state index in [2.05, 4.69) is 39.5 Å². The van der Waals surface area contributed by atoms with E-state index in [4.69, 9.17) is 14.2 Å². The van der Waals surface area contributed by atoms with Crippen LogP contribution in [0.3, 0.4) is 0 Å². The van der Waals surface area contributed by atoms with E-state index in [1.54, 1.807) is 12.1 Å². The number of nitrogens with one attached hydrogen (secondary N) is 1. The molecule has 0 saturated carbocycles. The van der Waals surface area contributed by atoms with Gasteiger partial charge in [-0.2, -0.15) is 0 Å². The van der Waals surface area contributed by atoms with Crippen molar-refractivity contribution < 1.29 is 19.0 Å². The maximum Gasteiger partial charge on any atom is 0.257 e. The molecule has 1 aromatic heterocycles. The molecule has 170 valence electrons. The second-order valence-electron chi connectivity index (χ2n) is 7.20. The van der Waals surface area contributed by atoms with Crippen molar-refractivity contribution in [2.45, 2.75) is 19.5 Å². The molecule has 3 aromatic rings. The first kappa shape index (κ1) is 23.8. The van der Waals surface area contributed by atoms with Crippen LogP contribution in [0.4, 0.5) is 5.13 Å². The molecule has 7 nitrogen and oxygen atoms in total. The SMILES string of the molecule is COc1cc(C(=O)Nc2nc3c(s2)CN(Cc2ccccc2)CC3)cc(OC)c1OC.Cl. The summed E-state index contributed by atoms with van der Waals surface area (Å²) >= 11 is 1.53. The number of amides is 1. The van der Waals surface area contributed by atoms with Gasteiger partial charge in [-0.05, 0) is 17.7 Å². The molecular formula is C23H26ClN3O4S. The summed E-state index contributed by atoms with van der Waals surface area (Å²) in [5.74, 6) is 1.04. The molecule has 2 aromatic carbocycles. The summed E-state index contributed by atoms with van der Waals surface area (Å²) in [5, 5.41) is 3.52. The fourth-order valence-corrected chi connectivity index (χ4v) is 4.71. The first-order valence-corrected chi connectivity index (χ1v) is 10.8. The predicted molar refractivity (Wildman–Crippen MR) is 128 cm³/mol. The van der Waals surface area contributed by atoms with Crippen molar-refractivity contribution in [2.75, 3.05) is 33.2 Å². The van der Waals surface area contributed by atoms with E-state index >= 15 is 0 Å². The Morgan fingerprint density at radius 3 is 2.41 bits per heavy atom. The Hall–Kier alpha value is -2.81. The van der Waals surface area contributed by atoms with Gasteiger partial charge in [0.1, 0.15) is 0 Å². The van der Waals surface area contributed by atoms with Gasteiger partial charge in [-0.1, -0.05) is 30.3 Å². The molecule has 0 saturated heterocycles. The van der Waals surface area contributed by atoms with Gasteiger partial charge in [0.05, 0.1) is 27.0 Å². The normalized spacial score (nSPS) is 13.0. The lowest BCUT2D eigenvalue weighted by Crippen LogP contribution is -2.29. The van der Waals surface area contributed by atoms with Crippen LogP contribution in [0.2, 0.25) is 0 Å². The number of nitrogens with zero attached hydrogens (tertiary/aromatic N) is 2. The molecule has 1 aliphatic rings. The van der Waals surface area contributed by atoms with Gasteiger partial charge in [0.25, 0.3) is 5.91 Å².